The fourth-order valence-corrected chi connectivity index (χ4v) is 20.0. The summed E-state index contributed by atoms with van der Waals surface area (Å²) < 4.78 is 64.7. The number of aliphatic hydroxyl groups is 1. The van der Waals surface area contributed by atoms with Crippen molar-refractivity contribution in [3.8, 4) is 0 Å². The molecule has 0 radical (unpaired) electrons. The van der Waals surface area contributed by atoms with Crippen molar-refractivity contribution in [2.75, 3.05) is 64.4 Å². The van der Waals surface area contributed by atoms with Gasteiger partial charge in [-0.25, -0.2) is 9.24 Å². The number of nitrogens with one attached hydrogen (secondary N) is 3. The van der Waals surface area contributed by atoms with Gasteiger partial charge in [-0.2, -0.15) is 0 Å². The minimum Gasteiger partial charge on any atom is -0.388 e. The standard InChI is InChI=1S/C34H42ClN2O6P.C34H42ClN2O5P.C26H25ClN2O3.C10H24NO2P.3CH4/c1-22-12-9-10-13-26(22)31(38)36-25-16-17-27(23(2)20-25)32(39)37-19-11-14-30(28-21-24(35)15-18-29(28)37)41-44(40,42-33(3,4)5)43-34(6,7)8;1-22-12-9-10-13-26(22)31(38)36-25-16-17-27(23(2)20-25)32(39)37-19-11-14-30(28-21-24(35)15-18-29(28)37)40-43(41-33(3,4)5)42-34(6,7)8;1-16-6-3-4-7-20(16)25(31)28-19-10-11-21(17(2)14-19)26(32)29-13-5-8-24(30)22-15-18(27)9-12-23(22)29;1-9(2,3)12-14(11(7)8)13-10(4,5)6;;;/h9-10,12-13,15-18,20-21,30H,11,14,19H2,1-8H3,(H,36,38);9-10,12-13,15-18,20-21,30H,11,14,19H2,1-8H3,(H,36,38);3-4,6-7,9-12,14-15,24,30H,5,8,13H2,1-2H3,(H,28,31);1-8H3;3*1H4. The van der Waals surface area contributed by atoms with Crippen LogP contribution in [0.3, 0.4) is 0 Å². The summed E-state index contributed by atoms with van der Waals surface area (Å²) in [5.41, 5.74) is 11.5. The zero-order valence-electron chi connectivity index (χ0n) is 81.8. The molecule has 3 atom stereocenters. The summed E-state index contributed by atoms with van der Waals surface area (Å²) in [4.78, 5) is 85.1. The van der Waals surface area contributed by atoms with E-state index < -0.39 is 59.6 Å². The van der Waals surface area contributed by atoms with E-state index in [9.17, 15) is 38.4 Å². The van der Waals surface area contributed by atoms with Crippen LogP contribution in [0, 0.1) is 41.5 Å². The second kappa shape index (κ2) is 49.5. The van der Waals surface area contributed by atoms with Crippen LogP contribution in [-0.2, 0) is 40.8 Å². The van der Waals surface area contributed by atoms with Crippen LogP contribution in [-0.4, -0.2) is 113 Å². The van der Waals surface area contributed by atoms with Crippen molar-refractivity contribution in [1.82, 2.24) is 4.67 Å². The van der Waals surface area contributed by atoms with Gasteiger partial charge in [-0.05, 0) is 380 Å². The number of amides is 6. The maximum atomic E-state index is 14.0. The SMILES string of the molecule is C.C.C.CN(C)P(OC(C)(C)C)OC(C)(C)C.Cc1ccccc1C(=O)Nc1ccc(C(=O)N2CCCC(O)c3cc(Cl)ccc32)c(C)c1.Cc1ccccc1C(=O)Nc1ccc(C(=O)N2CCCC(OP(=O)(OC(C)(C)C)OC(C)(C)C)c3cc(Cl)ccc32)c(C)c1.Cc1ccccc1C(=O)Nc1ccc(C(=O)N2CCCC(OP(OC(C)(C)C)OC(C)(C)C)c3cc(Cl)ccc32)c(C)c1. The molecule has 0 bridgehead atoms. The molecule has 0 aliphatic carbocycles. The molecule has 740 valence electrons. The number of phosphoric ester groups is 1. The monoisotopic (exact) mass is 1980 g/mol. The molecule has 0 spiro atoms. The van der Waals surface area contributed by atoms with E-state index in [0.717, 1.165) is 39.1 Å². The van der Waals surface area contributed by atoms with Crippen molar-refractivity contribution in [3.63, 3.8) is 0 Å². The van der Waals surface area contributed by atoms with Crippen LogP contribution in [0.15, 0.2) is 182 Å². The van der Waals surface area contributed by atoms with Gasteiger partial charge in [0, 0.05) is 119 Å². The number of fused-ring (bicyclic) bond motifs is 3. The summed E-state index contributed by atoms with van der Waals surface area (Å²) in [5.74, 6) is -1.06. The van der Waals surface area contributed by atoms with Gasteiger partial charge in [0.1, 0.15) is 0 Å². The van der Waals surface area contributed by atoms with Crippen LogP contribution in [0.5, 0.6) is 0 Å². The molecule has 12 rings (SSSR count). The van der Waals surface area contributed by atoms with Gasteiger partial charge in [0.25, 0.3) is 44.0 Å². The van der Waals surface area contributed by atoms with Gasteiger partial charge in [0.15, 0.2) is 0 Å². The average Bonchev–Trinajstić information content (AvgIpc) is 1.68. The van der Waals surface area contributed by atoms with Gasteiger partial charge in [0.2, 0.25) is 0 Å². The van der Waals surface area contributed by atoms with E-state index in [0.29, 0.717) is 152 Å². The Morgan fingerprint density at radius 3 is 0.971 bits per heavy atom. The Labute approximate surface area is 827 Å². The minimum atomic E-state index is -4.05. The van der Waals surface area contributed by atoms with Crippen molar-refractivity contribution in [1.29, 1.82) is 0 Å². The number of carbonyl (C=O) groups excluding carboxylic acids is 6. The highest BCUT2D eigenvalue weighted by Crippen LogP contribution is 2.60. The third-order valence-electron chi connectivity index (χ3n) is 20.5. The number of aliphatic hydroxyl groups excluding tert-OH is 1. The quantitative estimate of drug-likeness (QED) is 0.0517. The molecule has 6 amide bonds. The van der Waals surface area contributed by atoms with E-state index in [2.05, 4.69) is 16.0 Å². The van der Waals surface area contributed by atoms with Gasteiger partial charge < -0.3 is 58.4 Å². The first-order chi connectivity index (χ1) is 61.9. The third-order valence-corrected chi connectivity index (χ3v) is 27.1. The Hall–Kier alpha value is -8.64. The van der Waals surface area contributed by atoms with E-state index in [4.69, 9.17) is 71.0 Å². The molecule has 23 nitrogen and oxygen atoms in total. The Morgan fingerprint density at radius 1 is 0.375 bits per heavy atom. The molecule has 0 saturated carbocycles. The van der Waals surface area contributed by atoms with E-state index in [1.165, 1.54) is 0 Å². The predicted molar refractivity (Wildman–Crippen MR) is 561 cm³/mol. The molecular formula is C107H145Cl3N7O16P3. The maximum Gasteiger partial charge on any atom is 0.476 e. The number of anilines is 6. The van der Waals surface area contributed by atoms with E-state index >= 15 is 0 Å². The van der Waals surface area contributed by atoms with Crippen LogP contribution >= 0.6 is 59.8 Å². The van der Waals surface area contributed by atoms with Gasteiger partial charge in [-0.1, -0.05) is 112 Å². The molecule has 0 saturated heterocycles. The summed E-state index contributed by atoms with van der Waals surface area (Å²) in [6.45, 7) is 47.5. The van der Waals surface area contributed by atoms with Crippen molar-refractivity contribution < 1.29 is 74.6 Å². The van der Waals surface area contributed by atoms with E-state index in [-0.39, 0.29) is 75.0 Å². The molecule has 3 heterocycles. The number of rotatable bonds is 20. The second-order valence-corrected chi connectivity index (χ2v) is 44.9. The van der Waals surface area contributed by atoms with Gasteiger partial charge in [-0.3, -0.25) is 42.3 Å². The average molecular weight is 1980 g/mol. The number of carbonyl (C=O) groups is 6. The van der Waals surface area contributed by atoms with Crippen molar-refractivity contribution in [2.45, 2.75) is 279 Å². The lowest BCUT2D eigenvalue weighted by Crippen LogP contribution is -2.32. The van der Waals surface area contributed by atoms with E-state index in [1.807, 2.05) is 216 Å². The molecular weight excluding hydrogens is 1840 g/mol. The Bertz CT molecular complexity index is 5630. The molecule has 3 aliphatic heterocycles. The fraction of sp³-hybridized carbons (Fsp3) is 0.439. The number of phosphoric acid groups is 1. The summed E-state index contributed by atoms with van der Waals surface area (Å²) in [6.07, 6.45) is 1.94. The van der Waals surface area contributed by atoms with Crippen LogP contribution in [0.25, 0.3) is 0 Å². The first-order valence-corrected chi connectivity index (χ1v) is 49.6. The molecule has 136 heavy (non-hydrogen) atoms. The predicted octanol–water partition coefficient (Wildman–Crippen LogP) is 30.0. The fourth-order valence-electron chi connectivity index (χ4n) is 14.7. The maximum absolute atomic E-state index is 14.0. The Morgan fingerprint density at radius 2 is 0.669 bits per heavy atom. The molecule has 4 N–H and O–H groups in total. The van der Waals surface area contributed by atoms with Crippen LogP contribution in [0.4, 0.5) is 34.1 Å². The topological polar surface area (TPSA) is 263 Å². The van der Waals surface area contributed by atoms with Gasteiger partial charge >= 0.3 is 16.4 Å². The van der Waals surface area contributed by atoms with Crippen molar-refractivity contribution in [3.05, 3.63) is 281 Å². The smallest absolute Gasteiger partial charge is 0.388 e. The highest BCUT2D eigenvalue weighted by molar-refractivity contribution is 7.48. The molecule has 9 aromatic carbocycles. The zero-order chi connectivity index (χ0) is 98.4. The summed E-state index contributed by atoms with van der Waals surface area (Å²) in [5, 5.41) is 20.8. The summed E-state index contributed by atoms with van der Waals surface area (Å²) >= 11 is 19.0. The van der Waals surface area contributed by atoms with Crippen LogP contribution < -0.4 is 30.7 Å². The third kappa shape index (κ3) is 34.4. The van der Waals surface area contributed by atoms with Crippen LogP contribution in [0.1, 0.15) is 316 Å². The highest BCUT2D eigenvalue weighted by Gasteiger charge is 2.43. The van der Waals surface area contributed by atoms with Gasteiger partial charge in [0.05, 0.1) is 51.9 Å². The lowest BCUT2D eigenvalue weighted by atomic mass is 10.0. The summed E-state index contributed by atoms with van der Waals surface area (Å²) in [6, 6.07) is 54.1. The lowest BCUT2D eigenvalue weighted by Gasteiger charge is -2.34. The highest BCUT2D eigenvalue weighted by atomic mass is 35.5. The Balaban J connectivity index is 0.000000292. The number of halogens is 3. The number of hydrogen-bond donors (Lipinski definition) is 4. The Kier molecular flexibility index (Phi) is 42.2. The van der Waals surface area contributed by atoms with Gasteiger partial charge in [-0.15, -0.1) is 0 Å². The number of nitrogens with zero attached hydrogens (tertiary/aromatic N) is 4. The normalized spacial score (nSPS) is 15.2. The first kappa shape index (κ1) is 116. The molecule has 0 aromatic heterocycles. The first-order valence-electron chi connectivity index (χ1n) is 44.8. The number of hydrogen-bond acceptors (Lipinski definition) is 17. The largest absolute Gasteiger partial charge is 0.476 e. The zero-order valence-corrected chi connectivity index (χ0v) is 86.7. The molecule has 9 aromatic rings. The molecule has 29 heteroatoms. The molecule has 3 aliphatic rings. The number of benzene rings is 9. The molecule has 0 fully saturated rings. The second-order valence-electron chi connectivity index (χ2n) is 39.5. The van der Waals surface area contributed by atoms with Crippen molar-refractivity contribution in [2.24, 2.45) is 0 Å². The lowest BCUT2D eigenvalue weighted by molar-refractivity contribution is -0.0127. The number of aryl methyl sites for hydroxylation is 6. The molecule has 3 unspecified atom stereocenters. The minimum absolute atomic E-state index is 0. The van der Waals surface area contributed by atoms with Crippen LogP contribution in [0.2, 0.25) is 15.1 Å². The van der Waals surface area contributed by atoms with Crippen molar-refractivity contribution >= 4 is 129 Å². The van der Waals surface area contributed by atoms with E-state index in [1.54, 1.807) is 165 Å². The summed E-state index contributed by atoms with van der Waals surface area (Å²) in [7, 11) is -2.76.